The molecule has 0 amide bonds. The molecule has 32 heavy (non-hydrogen) atoms. The molecule has 4 aromatic rings. The van der Waals surface area contributed by atoms with Crippen molar-refractivity contribution >= 4 is 22.8 Å². The maximum Gasteiger partial charge on any atom is 0.0480 e. The number of anilines is 1. The Hall–Kier alpha value is -3.37. The number of aryl methyl sites for hydroxylation is 1. The first kappa shape index (κ1) is 20.5. The minimum atomic E-state index is 0.307. The molecular formula is C28H30N4. The van der Waals surface area contributed by atoms with Gasteiger partial charge in [-0.15, -0.1) is 0 Å². The summed E-state index contributed by atoms with van der Waals surface area (Å²) in [6, 6.07) is 24.3. The Balaban J connectivity index is 1.49. The zero-order chi connectivity index (χ0) is 22.1. The van der Waals surface area contributed by atoms with Crippen LogP contribution in [0.25, 0.3) is 22.0 Å². The molecule has 0 saturated heterocycles. The quantitative estimate of drug-likeness (QED) is 0.264. The van der Waals surface area contributed by atoms with Crippen molar-refractivity contribution in [2.45, 2.75) is 38.3 Å². The van der Waals surface area contributed by atoms with Crippen molar-refractivity contribution in [2.75, 3.05) is 12.4 Å². The van der Waals surface area contributed by atoms with Gasteiger partial charge >= 0.3 is 0 Å². The summed E-state index contributed by atoms with van der Waals surface area (Å²) >= 11 is 0. The second kappa shape index (κ2) is 8.64. The minimum absolute atomic E-state index is 0.307. The van der Waals surface area contributed by atoms with Crippen LogP contribution in [0, 0.1) is 5.41 Å². The van der Waals surface area contributed by atoms with Gasteiger partial charge in [0.05, 0.1) is 0 Å². The van der Waals surface area contributed by atoms with E-state index in [1.165, 1.54) is 51.5 Å². The topological polar surface area (TPSA) is 63.7 Å². The Labute approximate surface area is 189 Å². The second-order valence-corrected chi connectivity index (χ2v) is 8.72. The highest BCUT2D eigenvalue weighted by atomic mass is 15.0. The Morgan fingerprint density at radius 3 is 2.59 bits per heavy atom. The molecule has 0 saturated carbocycles. The van der Waals surface area contributed by atoms with Crippen molar-refractivity contribution in [1.82, 2.24) is 10.3 Å². The van der Waals surface area contributed by atoms with Crippen molar-refractivity contribution in [3.8, 4) is 11.1 Å². The highest BCUT2D eigenvalue weighted by molar-refractivity contribution is 5.92. The summed E-state index contributed by atoms with van der Waals surface area (Å²) in [6.45, 7) is 2.25. The van der Waals surface area contributed by atoms with Crippen LogP contribution in [0.1, 0.15) is 54.2 Å². The molecule has 0 radical (unpaired) electrons. The van der Waals surface area contributed by atoms with Crippen LogP contribution in [0.4, 0.5) is 5.69 Å². The fourth-order valence-corrected chi connectivity index (χ4v) is 5.03. The lowest BCUT2D eigenvalue weighted by Crippen LogP contribution is -2.27. The molecule has 0 fully saturated rings. The lowest BCUT2D eigenvalue weighted by Gasteiger charge is -2.27. The molecule has 1 aliphatic carbocycles. The smallest absolute Gasteiger partial charge is 0.0480 e. The van der Waals surface area contributed by atoms with Crippen LogP contribution in [-0.2, 0) is 6.42 Å². The fraction of sp³-hybridized carbons (Fsp3) is 0.250. The molecule has 2 unspecified atom stereocenters. The first-order chi connectivity index (χ1) is 15.7. The summed E-state index contributed by atoms with van der Waals surface area (Å²) in [4.78, 5) is 3.74. The molecule has 0 spiro atoms. The summed E-state index contributed by atoms with van der Waals surface area (Å²) in [5.74, 6) is 0. The Morgan fingerprint density at radius 2 is 1.81 bits per heavy atom. The van der Waals surface area contributed by atoms with E-state index in [1.807, 2.05) is 13.1 Å². The predicted molar refractivity (Wildman–Crippen MR) is 135 cm³/mol. The van der Waals surface area contributed by atoms with Gasteiger partial charge in [-0.3, -0.25) is 0 Å². The van der Waals surface area contributed by atoms with Gasteiger partial charge in [0.25, 0.3) is 0 Å². The van der Waals surface area contributed by atoms with E-state index in [0.29, 0.717) is 12.1 Å². The molecule has 1 aliphatic rings. The molecule has 1 aromatic heterocycles. The SMILES string of the molecule is CNc1cc(-c2ccc3[nH]c4c(c3c2)CCCC4NC(C)c2ccccc2)ccc1C=N. The maximum absolute atomic E-state index is 7.60. The van der Waals surface area contributed by atoms with Gasteiger partial charge in [-0.2, -0.15) is 0 Å². The maximum atomic E-state index is 7.60. The number of fused-ring (bicyclic) bond motifs is 3. The van der Waals surface area contributed by atoms with Gasteiger partial charge in [-0.1, -0.05) is 48.5 Å². The van der Waals surface area contributed by atoms with Crippen LogP contribution in [0.3, 0.4) is 0 Å². The molecule has 0 bridgehead atoms. The first-order valence-electron chi connectivity index (χ1n) is 11.5. The van der Waals surface area contributed by atoms with E-state index in [-0.39, 0.29) is 0 Å². The van der Waals surface area contributed by atoms with E-state index in [9.17, 15) is 0 Å². The number of nitrogens with one attached hydrogen (secondary N) is 4. The normalized spacial score (nSPS) is 16.5. The van der Waals surface area contributed by atoms with Crippen molar-refractivity contribution in [3.63, 3.8) is 0 Å². The lowest BCUT2D eigenvalue weighted by molar-refractivity contribution is 0.410. The van der Waals surface area contributed by atoms with Crippen LogP contribution in [0.15, 0.2) is 66.7 Å². The third kappa shape index (κ3) is 3.71. The van der Waals surface area contributed by atoms with E-state index in [4.69, 9.17) is 5.41 Å². The molecule has 0 aliphatic heterocycles. The van der Waals surface area contributed by atoms with Gasteiger partial charge in [-0.25, -0.2) is 0 Å². The van der Waals surface area contributed by atoms with Crippen molar-refractivity contribution in [3.05, 3.63) is 89.1 Å². The molecule has 4 nitrogen and oxygen atoms in total. The average molecular weight is 423 g/mol. The zero-order valence-corrected chi connectivity index (χ0v) is 18.7. The lowest BCUT2D eigenvalue weighted by atomic mass is 9.90. The Morgan fingerprint density at radius 1 is 1.03 bits per heavy atom. The summed E-state index contributed by atoms with van der Waals surface area (Å²) in [5, 5.41) is 16.0. The summed E-state index contributed by atoms with van der Waals surface area (Å²) < 4.78 is 0. The van der Waals surface area contributed by atoms with Crippen molar-refractivity contribution < 1.29 is 0 Å². The minimum Gasteiger partial charge on any atom is -0.388 e. The van der Waals surface area contributed by atoms with Crippen LogP contribution in [0.5, 0.6) is 0 Å². The third-order valence-electron chi connectivity index (χ3n) is 6.77. The standard InChI is InChI=1S/C28H30N4/c1-18(19-7-4-3-5-8-19)31-26-10-6-9-23-24-15-20(13-14-25(24)32-28(23)26)21-11-12-22(17-29)27(16-21)30-2/h3-5,7-8,11-18,26,29-32H,6,9-10H2,1-2H3. The van der Waals surface area contributed by atoms with E-state index in [2.05, 4.69) is 83.2 Å². The molecular weight excluding hydrogens is 392 g/mol. The van der Waals surface area contributed by atoms with E-state index >= 15 is 0 Å². The van der Waals surface area contributed by atoms with Crippen LogP contribution in [0.2, 0.25) is 0 Å². The molecule has 4 N–H and O–H groups in total. The average Bonchev–Trinajstić information content (AvgIpc) is 3.23. The van der Waals surface area contributed by atoms with Crippen LogP contribution in [-0.4, -0.2) is 18.2 Å². The summed E-state index contributed by atoms with van der Waals surface area (Å²) in [7, 11) is 1.90. The Bertz CT molecular complexity index is 1260. The number of hydrogen-bond acceptors (Lipinski definition) is 3. The monoisotopic (exact) mass is 422 g/mol. The number of H-pyrrole nitrogens is 1. The number of rotatable bonds is 6. The molecule has 3 aromatic carbocycles. The Kier molecular flexibility index (Phi) is 5.54. The highest BCUT2D eigenvalue weighted by Crippen LogP contribution is 2.38. The second-order valence-electron chi connectivity index (χ2n) is 8.72. The molecule has 5 rings (SSSR count). The van der Waals surface area contributed by atoms with Gasteiger partial charge in [0.15, 0.2) is 0 Å². The summed E-state index contributed by atoms with van der Waals surface area (Å²) in [6.07, 6.45) is 4.86. The number of benzene rings is 3. The van der Waals surface area contributed by atoms with Crippen LogP contribution < -0.4 is 10.6 Å². The number of hydrogen-bond donors (Lipinski definition) is 4. The van der Waals surface area contributed by atoms with Crippen LogP contribution >= 0.6 is 0 Å². The van der Waals surface area contributed by atoms with Gasteiger partial charge in [-0.05, 0) is 66.6 Å². The van der Waals surface area contributed by atoms with E-state index in [0.717, 1.165) is 24.1 Å². The molecule has 4 heteroatoms. The number of aromatic nitrogens is 1. The van der Waals surface area contributed by atoms with Crippen molar-refractivity contribution in [2.24, 2.45) is 0 Å². The van der Waals surface area contributed by atoms with E-state index < -0.39 is 0 Å². The predicted octanol–water partition coefficient (Wildman–Crippen LogP) is 6.60. The van der Waals surface area contributed by atoms with Gasteiger partial charge in [0.1, 0.15) is 0 Å². The van der Waals surface area contributed by atoms with E-state index in [1.54, 1.807) is 0 Å². The molecule has 1 heterocycles. The molecule has 2 atom stereocenters. The highest BCUT2D eigenvalue weighted by Gasteiger charge is 2.25. The van der Waals surface area contributed by atoms with Gasteiger partial charge < -0.3 is 21.0 Å². The molecule has 162 valence electrons. The summed E-state index contributed by atoms with van der Waals surface area (Å²) in [5.41, 5.74) is 9.60. The fourth-order valence-electron chi connectivity index (χ4n) is 5.03. The largest absolute Gasteiger partial charge is 0.388 e. The third-order valence-corrected chi connectivity index (χ3v) is 6.77. The van der Waals surface area contributed by atoms with Gasteiger partial charge in [0.2, 0.25) is 0 Å². The zero-order valence-electron chi connectivity index (χ0n) is 18.7. The first-order valence-corrected chi connectivity index (χ1v) is 11.5. The van der Waals surface area contributed by atoms with Crippen molar-refractivity contribution in [1.29, 1.82) is 5.41 Å². The number of aromatic amines is 1. The van der Waals surface area contributed by atoms with Gasteiger partial charge in [0, 0.05) is 53.2 Å².